The van der Waals surface area contributed by atoms with Gasteiger partial charge >= 0.3 is 12.1 Å². The van der Waals surface area contributed by atoms with Crippen LogP contribution in [0.5, 0.6) is 17.2 Å². The Bertz CT molecular complexity index is 1880. The molecule has 1 aliphatic carbocycles. The Kier molecular flexibility index (Phi) is 10.5. The van der Waals surface area contributed by atoms with Crippen molar-refractivity contribution < 1.29 is 43.2 Å². The number of aromatic nitrogens is 1. The van der Waals surface area contributed by atoms with E-state index in [9.17, 15) is 24.3 Å². The first-order valence-electron chi connectivity index (χ1n) is 17.2. The summed E-state index contributed by atoms with van der Waals surface area (Å²) in [4.78, 5) is 60.0. The predicted octanol–water partition coefficient (Wildman–Crippen LogP) is 5.35. The van der Waals surface area contributed by atoms with Crippen molar-refractivity contribution in [2.45, 2.75) is 83.7 Å². The van der Waals surface area contributed by atoms with Gasteiger partial charge in [0.1, 0.15) is 46.6 Å². The van der Waals surface area contributed by atoms with Crippen molar-refractivity contribution in [3.63, 3.8) is 0 Å². The van der Waals surface area contributed by atoms with Gasteiger partial charge in [-0.05, 0) is 56.9 Å². The number of alkyl carbamates (subject to hydrolysis) is 1. The normalized spacial score (nSPS) is 21.8. The van der Waals surface area contributed by atoms with Crippen LogP contribution < -0.4 is 24.8 Å². The quantitative estimate of drug-likeness (QED) is 0.220. The minimum atomic E-state index is -1.52. The van der Waals surface area contributed by atoms with Crippen LogP contribution in [-0.2, 0) is 19.1 Å². The van der Waals surface area contributed by atoms with Crippen molar-refractivity contribution in [3.8, 4) is 28.5 Å². The second-order valence-electron chi connectivity index (χ2n) is 15.3. The third-order valence-electron chi connectivity index (χ3n) is 9.31. The number of rotatable bonds is 11. The summed E-state index contributed by atoms with van der Waals surface area (Å²) in [5, 5.41) is 16.1. The third kappa shape index (κ3) is 7.93. The highest BCUT2D eigenvalue weighted by atomic mass is 16.6. The highest BCUT2D eigenvalue weighted by Gasteiger charge is 2.61. The van der Waals surface area contributed by atoms with Crippen LogP contribution in [0, 0.1) is 11.3 Å². The lowest BCUT2D eigenvalue weighted by Crippen LogP contribution is -2.59. The van der Waals surface area contributed by atoms with Crippen molar-refractivity contribution >= 4 is 34.8 Å². The number of nitrogens with zero attached hydrogens (tertiary/aromatic N) is 2. The summed E-state index contributed by atoms with van der Waals surface area (Å²) in [6.45, 7) is 14.2. The molecule has 2 heterocycles. The van der Waals surface area contributed by atoms with Crippen LogP contribution in [0.3, 0.4) is 0 Å². The molecule has 3 N–H and O–H groups in total. The molecule has 2 fully saturated rings. The molecule has 3 amide bonds. The number of carbonyl (C=O) groups excluding carboxylic acids is 3. The number of nitrogens with one attached hydrogen (secondary N) is 2. The van der Waals surface area contributed by atoms with Gasteiger partial charge in [0.2, 0.25) is 11.8 Å². The maximum absolute atomic E-state index is 14.5. The van der Waals surface area contributed by atoms with Crippen LogP contribution in [0.1, 0.15) is 54.4 Å². The van der Waals surface area contributed by atoms with E-state index in [4.69, 9.17) is 23.9 Å². The third-order valence-corrected chi connectivity index (χ3v) is 9.31. The van der Waals surface area contributed by atoms with Gasteiger partial charge in [0.05, 0.1) is 32.0 Å². The van der Waals surface area contributed by atoms with Crippen molar-refractivity contribution in [1.82, 2.24) is 20.5 Å². The zero-order valence-corrected chi connectivity index (χ0v) is 30.9. The van der Waals surface area contributed by atoms with E-state index in [2.05, 4.69) is 17.2 Å². The van der Waals surface area contributed by atoms with Crippen LogP contribution >= 0.6 is 0 Å². The minimum Gasteiger partial charge on any atom is -0.497 e. The zero-order chi connectivity index (χ0) is 38.2. The monoisotopic (exact) mass is 716 g/mol. The molecule has 5 atom stereocenters. The molecule has 2 aliphatic rings. The number of hydrogen-bond donors (Lipinski definition) is 3. The number of likely N-dealkylation sites (tertiary alicyclic amines) is 1. The Labute approximate surface area is 303 Å². The number of carbonyl (C=O) groups is 4. The maximum Gasteiger partial charge on any atom is 0.408 e. The Balaban J connectivity index is 1.53. The van der Waals surface area contributed by atoms with Crippen molar-refractivity contribution in [2.24, 2.45) is 11.3 Å². The highest BCUT2D eigenvalue weighted by Crippen LogP contribution is 2.45. The molecule has 1 aliphatic heterocycles. The fourth-order valence-electron chi connectivity index (χ4n) is 6.51. The number of fused-ring (bicyclic) bond motifs is 1. The summed E-state index contributed by atoms with van der Waals surface area (Å²) < 4.78 is 23.2. The van der Waals surface area contributed by atoms with Gasteiger partial charge in [-0.2, -0.15) is 0 Å². The van der Waals surface area contributed by atoms with E-state index in [0.29, 0.717) is 33.8 Å². The first-order chi connectivity index (χ1) is 24.4. The molecule has 0 radical (unpaired) electrons. The van der Waals surface area contributed by atoms with Crippen LogP contribution in [0.4, 0.5) is 4.79 Å². The van der Waals surface area contributed by atoms with E-state index in [0.717, 1.165) is 5.56 Å². The Morgan fingerprint density at radius 3 is 2.33 bits per heavy atom. The molecule has 1 unspecified atom stereocenters. The van der Waals surface area contributed by atoms with Crippen molar-refractivity contribution in [2.75, 3.05) is 20.8 Å². The number of carboxylic acids is 1. The zero-order valence-electron chi connectivity index (χ0n) is 30.9. The molecular formula is C39H48N4O9. The SMILES string of the molecule is C=C[C@H]1CC1(NC(=O)[C@@H]1C[C@@H](Oc2cc(-c3ccccc3OC)nc3cc(OC)ccc23)CN1C(=O)[C@@H](NC(=O)OC(C)(C)C)C(C)(C)C)C(=O)O. The molecule has 278 valence electrons. The summed E-state index contributed by atoms with van der Waals surface area (Å²) >= 11 is 0. The molecule has 52 heavy (non-hydrogen) atoms. The molecule has 1 aromatic heterocycles. The minimum absolute atomic E-state index is 0.0333. The topological polar surface area (TPSA) is 166 Å². The van der Waals surface area contributed by atoms with E-state index in [1.54, 1.807) is 74.0 Å². The smallest absolute Gasteiger partial charge is 0.408 e. The van der Waals surface area contributed by atoms with Crippen LogP contribution in [0.15, 0.2) is 61.2 Å². The van der Waals surface area contributed by atoms with E-state index in [1.807, 2.05) is 30.3 Å². The molecule has 1 saturated heterocycles. The van der Waals surface area contributed by atoms with E-state index in [1.165, 1.54) is 11.0 Å². The van der Waals surface area contributed by atoms with Crippen LogP contribution in [-0.4, -0.2) is 89.0 Å². The average molecular weight is 717 g/mol. The summed E-state index contributed by atoms with van der Waals surface area (Å²) in [6.07, 6.45) is 0.227. The number of ether oxygens (including phenoxy) is 4. The largest absolute Gasteiger partial charge is 0.497 e. The number of para-hydroxylation sites is 1. The summed E-state index contributed by atoms with van der Waals surface area (Å²) in [6, 6.07) is 12.4. The summed E-state index contributed by atoms with van der Waals surface area (Å²) in [5.74, 6) is -1.18. The molecule has 1 saturated carbocycles. The van der Waals surface area contributed by atoms with Gasteiger partial charge in [0.25, 0.3) is 0 Å². The number of benzene rings is 2. The number of aliphatic carboxylic acids is 1. The second kappa shape index (κ2) is 14.4. The number of hydrogen-bond acceptors (Lipinski definition) is 9. The van der Waals surface area contributed by atoms with Gasteiger partial charge in [0, 0.05) is 35.4 Å². The maximum atomic E-state index is 14.5. The second-order valence-corrected chi connectivity index (χ2v) is 15.3. The molecule has 3 aromatic rings. The molecular weight excluding hydrogens is 668 g/mol. The lowest BCUT2D eigenvalue weighted by molar-refractivity contribution is -0.146. The van der Waals surface area contributed by atoms with Gasteiger partial charge in [-0.15, -0.1) is 6.58 Å². The van der Waals surface area contributed by atoms with Gasteiger partial charge in [0.15, 0.2) is 0 Å². The van der Waals surface area contributed by atoms with Gasteiger partial charge < -0.3 is 39.6 Å². The molecule has 5 rings (SSSR count). The van der Waals surface area contributed by atoms with E-state index in [-0.39, 0.29) is 19.4 Å². The van der Waals surface area contributed by atoms with E-state index < -0.39 is 64.5 Å². The first-order valence-corrected chi connectivity index (χ1v) is 17.2. The number of pyridine rings is 1. The standard InChI is InChI=1S/C39H48N4O9/c1-10-22-20-39(22,35(46)47)42-33(44)29-18-24(21-43(29)34(45)32(37(2,3)4)41-36(48)52-38(5,6)7)51-31-19-28(25-13-11-12-14-30(25)50-9)40-27-17-23(49-8)15-16-26(27)31/h10-17,19,22,24,29,32H,1,18,20-21H2,2-9H3,(H,41,48)(H,42,44)(H,46,47)/t22-,24+,29-,32+,39?/m0/s1. The van der Waals surface area contributed by atoms with Crippen LogP contribution in [0.2, 0.25) is 0 Å². The highest BCUT2D eigenvalue weighted by molar-refractivity contribution is 5.96. The van der Waals surface area contributed by atoms with Crippen LogP contribution in [0.25, 0.3) is 22.2 Å². The summed E-state index contributed by atoms with van der Waals surface area (Å²) in [5.41, 5.74) is -1.27. The van der Waals surface area contributed by atoms with Crippen molar-refractivity contribution in [1.29, 1.82) is 0 Å². The fraction of sp³-hybridized carbons (Fsp3) is 0.462. The van der Waals surface area contributed by atoms with Gasteiger partial charge in [-0.3, -0.25) is 9.59 Å². The molecule has 0 bridgehead atoms. The van der Waals surface area contributed by atoms with Gasteiger partial charge in [-0.1, -0.05) is 39.0 Å². The van der Waals surface area contributed by atoms with Crippen molar-refractivity contribution in [3.05, 3.63) is 61.2 Å². The number of amides is 3. The van der Waals surface area contributed by atoms with Gasteiger partial charge in [-0.25, -0.2) is 14.6 Å². The lowest BCUT2D eigenvalue weighted by atomic mass is 9.85. The Morgan fingerprint density at radius 2 is 1.73 bits per heavy atom. The Hall–Kier alpha value is -5.33. The van der Waals surface area contributed by atoms with E-state index >= 15 is 0 Å². The first kappa shape index (κ1) is 37.9. The predicted molar refractivity (Wildman–Crippen MR) is 194 cm³/mol. The molecule has 13 heteroatoms. The fourth-order valence-corrected chi connectivity index (χ4v) is 6.51. The Morgan fingerprint density at radius 1 is 1.02 bits per heavy atom. The lowest BCUT2D eigenvalue weighted by Gasteiger charge is -2.35. The number of methoxy groups -OCH3 is 2. The number of carboxylic acid groups (broad SMARTS) is 1. The molecule has 0 spiro atoms. The summed E-state index contributed by atoms with van der Waals surface area (Å²) in [7, 11) is 3.14. The molecule has 2 aromatic carbocycles. The molecule has 13 nitrogen and oxygen atoms in total. The average Bonchev–Trinajstić information content (AvgIpc) is 3.64.